The summed E-state index contributed by atoms with van der Waals surface area (Å²) in [4.78, 5) is 0. The summed E-state index contributed by atoms with van der Waals surface area (Å²) < 4.78 is 0. The highest BCUT2D eigenvalue weighted by Crippen LogP contribution is 2.31. The highest BCUT2D eigenvalue weighted by Gasteiger charge is 2.10. The van der Waals surface area contributed by atoms with Gasteiger partial charge in [0.15, 0.2) is 0 Å². The van der Waals surface area contributed by atoms with Gasteiger partial charge in [0, 0.05) is 13.2 Å². The van der Waals surface area contributed by atoms with Crippen LogP contribution < -0.4 is 0 Å². The van der Waals surface area contributed by atoms with E-state index in [2.05, 4.69) is 0 Å². The minimum absolute atomic E-state index is 0.103. The molecule has 0 saturated carbocycles. The molecule has 2 aromatic carbocycles. The van der Waals surface area contributed by atoms with Gasteiger partial charge >= 0.3 is 0 Å². The summed E-state index contributed by atoms with van der Waals surface area (Å²) >= 11 is 0. The molecule has 0 aliphatic rings. The zero-order chi connectivity index (χ0) is 14.2. The lowest BCUT2D eigenvalue weighted by Gasteiger charge is -2.15. The summed E-state index contributed by atoms with van der Waals surface area (Å²) in [6, 6.07) is 20.1. The Labute approximate surface area is 120 Å². The maximum absolute atomic E-state index is 9.37. The molecule has 2 nitrogen and oxygen atoms in total. The van der Waals surface area contributed by atoms with Gasteiger partial charge in [0.05, 0.1) is 0 Å². The van der Waals surface area contributed by atoms with Gasteiger partial charge in [-0.3, -0.25) is 0 Å². The molecule has 2 rings (SSSR count). The van der Waals surface area contributed by atoms with Crippen molar-refractivity contribution in [2.45, 2.75) is 12.8 Å². The number of aliphatic hydroxyl groups is 2. The third-order valence-corrected chi connectivity index (χ3v) is 3.33. The van der Waals surface area contributed by atoms with Gasteiger partial charge in [0.1, 0.15) is 0 Å². The molecule has 0 aromatic heterocycles. The Bertz CT molecular complexity index is 493. The lowest BCUT2D eigenvalue weighted by molar-refractivity contribution is 0.301. The molecule has 0 radical (unpaired) electrons. The van der Waals surface area contributed by atoms with Crippen molar-refractivity contribution >= 4 is 11.1 Å². The fourth-order valence-electron chi connectivity index (χ4n) is 2.44. The number of rotatable bonds is 6. The SMILES string of the molecule is OCC/C(=C(/CCO)c1ccccc1)c1ccccc1. The van der Waals surface area contributed by atoms with Crippen LogP contribution in [0.1, 0.15) is 24.0 Å². The van der Waals surface area contributed by atoms with E-state index in [1.54, 1.807) is 0 Å². The first kappa shape index (κ1) is 14.5. The molecule has 104 valence electrons. The van der Waals surface area contributed by atoms with Crippen molar-refractivity contribution in [1.29, 1.82) is 0 Å². The summed E-state index contributed by atoms with van der Waals surface area (Å²) in [6.45, 7) is 0.206. The lowest BCUT2D eigenvalue weighted by atomic mass is 9.91. The molecule has 2 heteroatoms. The molecule has 2 N–H and O–H groups in total. The first-order valence-electron chi connectivity index (χ1n) is 6.91. The van der Waals surface area contributed by atoms with Crippen LogP contribution in [0.5, 0.6) is 0 Å². The number of hydrogen-bond acceptors (Lipinski definition) is 2. The standard InChI is InChI=1S/C18H20O2/c19-13-11-17(15-7-3-1-4-8-15)18(12-14-20)16-9-5-2-6-10-16/h1-10,19-20H,11-14H2/b18-17+. The topological polar surface area (TPSA) is 40.5 Å². The largest absolute Gasteiger partial charge is 0.396 e. The van der Waals surface area contributed by atoms with Gasteiger partial charge in [-0.2, -0.15) is 0 Å². The predicted molar refractivity (Wildman–Crippen MR) is 83.1 cm³/mol. The van der Waals surface area contributed by atoms with Crippen molar-refractivity contribution in [1.82, 2.24) is 0 Å². The van der Waals surface area contributed by atoms with Gasteiger partial charge in [0.2, 0.25) is 0 Å². The Morgan fingerprint density at radius 3 is 1.25 bits per heavy atom. The molecule has 20 heavy (non-hydrogen) atoms. The van der Waals surface area contributed by atoms with Crippen LogP contribution in [0.2, 0.25) is 0 Å². The summed E-state index contributed by atoms with van der Waals surface area (Å²) in [5, 5.41) is 18.7. The highest BCUT2D eigenvalue weighted by atomic mass is 16.3. The Morgan fingerprint density at radius 1 is 0.600 bits per heavy atom. The van der Waals surface area contributed by atoms with Crippen LogP contribution in [-0.4, -0.2) is 23.4 Å². The van der Waals surface area contributed by atoms with Crippen LogP contribution in [0.3, 0.4) is 0 Å². The van der Waals surface area contributed by atoms with E-state index in [-0.39, 0.29) is 13.2 Å². The van der Waals surface area contributed by atoms with Crippen molar-refractivity contribution < 1.29 is 10.2 Å². The average molecular weight is 268 g/mol. The summed E-state index contributed by atoms with van der Waals surface area (Å²) in [6.07, 6.45) is 1.18. The van der Waals surface area contributed by atoms with Crippen molar-refractivity contribution in [3.63, 3.8) is 0 Å². The van der Waals surface area contributed by atoms with Gasteiger partial charge in [-0.1, -0.05) is 60.7 Å². The maximum Gasteiger partial charge on any atom is 0.0471 e. The minimum atomic E-state index is 0.103. The molecule has 0 aliphatic carbocycles. The van der Waals surface area contributed by atoms with E-state index < -0.39 is 0 Å². The smallest absolute Gasteiger partial charge is 0.0471 e. The Morgan fingerprint density at radius 2 is 0.950 bits per heavy atom. The van der Waals surface area contributed by atoms with E-state index in [1.807, 2.05) is 60.7 Å². The Kier molecular flexibility index (Phi) is 5.54. The van der Waals surface area contributed by atoms with E-state index >= 15 is 0 Å². The van der Waals surface area contributed by atoms with Crippen molar-refractivity contribution in [2.24, 2.45) is 0 Å². The van der Waals surface area contributed by atoms with E-state index in [1.165, 1.54) is 0 Å². The van der Waals surface area contributed by atoms with Gasteiger partial charge in [0.25, 0.3) is 0 Å². The number of aliphatic hydroxyl groups excluding tert-OH is 2. The normalized spacial score (nSPS) is 12.1. The van der Waals surface area contributed by atoms with Crippen molar-refractivity contribution in [2.75, 3.05) is 13.2 Å². The molecule has 0 bridgehead atoms. The van der Waals surface area contributed by atoms with Crippen LogP contribution in [0.15, 0.2) is 60.7 Å². The zero-order valence-electron chi connectivity index (χ0n) is 11.5. The molecule has 0 atom stereocenters. The molecule has 0 amide bonds. The average Bonchev–Trinajstić information content (AvgIpc) is 2.52. The molecule has 0 saturated heterocycles. The van der Waals surface area contributed by atoms with Crippen molar-refractivity contribution in [3.05, 3.63) is 71.8 Å². The third kappa shape index (κ3) is 3.56. The third-order valence-electron chi connectivity index (χ3n) is 3.33. The fourth-order valence-corrected chi connectivity index (χ4v) is 2.44. The van der Waals surface area contributed by atoms with E-state index in [0.29, 0.717) is 12.8 Å². The fraction of sp³-hybridized carbons (Fsp3) is 0.222. The molecular weight excluding hydrogens is 248 g/mol. The van der Waals surface area contributed by atoms with Gasteiger partial charge in [-0.15, -0.1) is 0 Å². The first-order valence-corrected chi connectivity index (χ1v) is 6.91. The quantitative estimate of drug-likeness (QED) is 0.789. The van der Waals surface area contributed by atoms with Gasteiger partial charge < -0.3 is 10.2 Å². The van der Waals surface area contributed by atoms with E-state index in [4.69, 9.17) is 0 Å². The second-order valence-electron chi connectivity index (χ2n) is 4.64. The second kappa shape index (κ2) is 7.63. The van der Waals surface area contributed by atoms with Crippen molar-refractivity contribution in [3.8, 4) is 0 Å². The Balaban J connectivity index is 2.54. The van der Waals surface area contributed by atoms with E-state index in [0.717, 1.165) is 22.3 Å². The van der Waals surface area contributed by atoms with Crippen LogP contribution in [0.4, 0.5) is 0 Å². The molecule has 0 fully saturated rings. The zero-order valence-corrected chi connectivity index (χ0v) is 11.5. The van der Waals surface area contributed by atoms with Gasteiger partial charge in [-0.25, -0.2) is 0 Å². The maximum atomic E-state index is 9.37. The monoisotopic (exact) mass is 268 g/mol. The lowest BCUT2D eigenvalue weighted by Crippen LogP contribution is -1.98. The van der Waals surface area contributed by atoms with E-state index in [9.17, 15) is 10.2 Å². The van der Waals surface area contributed by atoms with Crippen LogP contribution in [-0.2, 0) is 0 Å². The number of hydrogen-bond donors (Lipinski definition) is 2. The molecular formula is C18H20O2. The predicted octanol–water partition coefficient (Wildman–Crippen LogP) is 3.36. The molecule has 0 spiro atoms. The minimum Gasteiger partial charge on any atom is -0.396 e. The summed E-state index contributed by atoms with van der Waals surface area (Å²) in [5.74, 6) is 0. The molecule has 0 heterocycles. The summed E-state index contributed by atoms with van der Waals surface area (Å²) in [5.41, 5.74) is 4.42. The Hall–Kier alpha value is -1.90. The highest BCUT2D eigenvalue weighted by molar-refractivity contribution is 5.90. The van der Waals surface area contributed by atoms with Gasteiger partial charge in [-0.05, 0) is 35.1 Å². The first-order chi connectivity index (χ1) is 9.86. The summed E-state index contributed by atoms with van der Waals surface area (Å²) in [7, 11) is 0. The van der Waals surface area contributed by atoms with Crippen LogP contribution >= 0.6 is 0 Å². The second-order valence-corrected chi connectivity index (χ2v) is 4.64. The van der Waals surface area contributed by atoms with Crippen LogP contribution in [0, 0.1) is 0 Å². The molecule has 2 aromatic rings. The molecule has 0 aliphatic heterocycles. The van der Waals surface area contributed by atoms with Crippen LogP contribution in [0.25, 0.3) is 11.1 Å². The number of benzene rings is 2. The molecule has 0 unspecified atom stereocenters.